The van der Waals surface area contributed by atoms with Crippen molar-refractivity contribution in [1.82, 2.24) is 10.3 Å². The summed E-state index contributed by atoms with van der Waals surface area (Å²) in [5.74, 6) is 0. The van der Waals surface area contributed by atoms with Crippen LogP contribution in [0.25, 0.3) is 0 Å². The molecule has 1 aromatic rings. The molecule has 0 spiro atoms. The van der Waals surface area contributed by atoms with Gasteiger partial charge in [0, 0.05) is 4.88 Å². The molecule has 84 valence electrons. The summed E-state index contributed by atoms with van der Waals surface area (Å²) in [4.78, 5) is 6.02. The van der Waals surface area contributed by atoms with Crippen molar-refractivity contribution in [3.63, 3.8) is 0 Å². The van der Waals surface area contributed by atoms with Gasteiger partial charge in [0.15, 0.2) is 0 Å². The van der Waals surface area contributed by atoms with Gasteiger partial charge in [0.25, 0.3) is 0 Å². The Morgan fingerprint density at radius 2 is 2.13 bits per heavy atom. The number of aryl methyl sites for hydroxylation is 2. The molecular weight excluding hydrogens is 206 g/mol. The lowest BCUT2D eigenvalue weighted by atomic mass is 9.90. The van der Waals surface area contributed by atoms with E-state index in [-0.39, 0.29) is 5.54 Å². The van der Waals surface area contributed by atoms with Crippen molar-refractivity contribution in [2.45, 2.75) is 38.6 Å². The van der Waals surface area contributed by atoms with Crippen LogP contribution in [0.1, 0.15) is 35.3 Å². The van der Waals surface area contributed by atoms with Gasteiger partial charge in [-0.15, -0.1) is 11.3 Å². The number of piperidine rings is 1. The Balaban J connectivity index is 2.27. The third-order valence-electron chi connectivity index (χ3n) is 3.15. The van der Waals surface area contributed by atoms with Gasteiger partial charge in [-0.2, -0.15) is 0 Å². The predicted octanol–water partition coefficient (Wildman–Crippen LogP) is 1.55. The van der Waals surface area contributed by atoms with Crippen LogP contribution in [0.4, 0.5) is 0 Å². The number of hydrogen-bond acceptors (Lipinski definition) is 4. The van der Waals surface area contributed by atoms with Gasteiger partial charge in [-0.1, -0.05) is 6.92 Å². The number of rotatable bonds is 2. The van der Waals surface area contributed by atoms with Crippen molar-refractivity contribution in [3.05, 3.63) is 15.6 Å². The van der Waals surface area contributed by atoms with E-state index in [2.05, 4.69) is 24.1 Å². The third-order valence-corrected chi connectivity index (χ3v) is 4.38. The Hall–Kier alpha value is -0.450. The zero-order valence-corrected chi connectivity index (χ0v) is 10.3. The lowest BCUT2D eigenvalue weighted by Gasteiger charge is -2.31. The van der Waals surface area contributed by atoms with Gasteiger partial charge in [-0.05, 0) is 39.3 Å². The van der Waals surface area contributed by atoms with Crippen molar-refractivity contribution in [2.24, 2.45) is 5.73 Å². The molecule has 0 radical (unpaired) electrons. The first-order valence-electron chi connectivity index (χ1n) is 5.62. The summed E-state index contributed by atoms with van der Waals surface area (Å²) in [5, 5.41) is 4.48. The summed E-state index contributed by atoms with van der Waals surface area (Å²) in [6.45, 7) is 6.31. The minimum atomic E-state index is -0.173. The van der Waals surface area contributed by atoms with E-state index in [1.54, 1.807) is 11.3 Å². The third kappa shape index (κ3) is 2.07. The summed E-state index contributed by atoms with van der Waals surface area (Å²) in [6, 6.07) is 0. The highest BCUT2D eigenvalue weighted by atomic mass is 32.1. The van der Waals surface area contributed by atoms with Crippen molar-refractivity contribution >= 4 is 11.3 Å². The summed E-state index contributed by atoms with van der Waals surface area (Å²) in [5.41, 5.74) is 7.47. The molecule has 15 heavy (non-hydrogen) atoms. The average Bonchev–Trinajstić information content (AvgIpc) is 2.61. The summed E-state index contributed by atoms with van der Waals surface area (Å²) < 4.78 is 0. The van der Waals surface area contributed by atoms with Crippen molar-refractivity contribution in [1.29, 1.82) is 0 Å². The largest absolute Gasteiger partial charge is 0.319 e. The molecule has 0 amide bonds. The molecule has 1 fully saturated rings. The molecule has 4 heteroatoms. The van der Waals surface area contributed by atoms with E-state index >= 15 is 0 Å². The molecule has 1 aromatic heterocycles. The summed E-state index contributed by atoms with van der Waals surface area (Å²) in [7, 11) is 0. The maximum atomic E-state index is 6.43. The highest BCUT2D eigenvalue weighted by Crippen LogP contribution is 2.32. The molecule has 0 aromatic carbocycles. The highest BCUT2D eigenvalue weighted by molar-refractivity contribution is 7.11. The van der Waals surface area contributed by atoms with Crippen LogP contribution in [0.2, 0.25) is 0 Å². The second kappa shape index (κ2) is 4.20. The van der Waals surface area contributed by atoms with Crippen LogP contribution in [0.3, 0.4) is 0 Å². The van der Waals surface area contributed by atoms with Crippen LogP contribution >= 0.6 is 11.3 Å². The molecule has 0 bridgehead atoms. The number of hydrogen-bond donors (Lipinski definition) is 2. The lowest BCUT2D eigenvalue weighted by molar-refractivity contribution is 0.316. The highest BCUT2D eigenvalue weighted by Gasteiger charge is 2.32. The van der Waals surface area contributed by atoms with E-state index < -0.39 is 0 Å². The standard InChI is InChI=1S/C11H19N3S/c1-3-9-8(2)15-10(14-9)11(12)4-6-13-7-5-11/h13H,3-7,12H2,1-2H3. The van der Waals surface area contributed by atoms with Gasteiger partial charge in [0.1, 0.15) is 5.01 Å². The van der Waals surface area contributed by atoms with Crippen LogP contribution in [0.15, 0.2) is 0 Å². The fourth-order valence-corrected chi connectivity index (χ4v) is 3.22. The second-order valence-corrected chi connectivity index (χ2v) is 5.48. The van der Waals surface area contributed by atoms with E-state index in [4.69, 9.17) is 5.73 Å². The van der Waals surface area contributed by atoms with Crippen LogP contribution in [-0.2, 0) is 12.0 Å². The molecule has 3 N–H and O–H groups in total. The maximum absolute atomic E-state index is 6.43. The molecule has 1 saturated heterocycles. The smallest absolute Gasteiger partial charge is 0.113 e. The Morgan fingerprint density at radius 1 is 1.47 bits per heavy atom. The van der Waals surface area contributed by atoms with E-state index in [0.29, 0.717) is 0 Å². The Morgan fingerprint density at radius 3 is 2.67 bits per heavy atom. The number of nitrogens with one attached hydrogen (secondary N) is 1. The normalized spacial score (nSPS) is 20.5. The summed E-state index contributed by atoms with van der Waals surface area (Å²) >= 11 is 1.78. The van der Waals surface area contributed by atoms with Gasteiger partial charge in [0.05, 0.1) is 11.2 Å². The molecule has 1 aliphatic heterocycles. The van der Waals surface area contributed by atoms with Crippen LogP contribution in [-0.4, -0.2) is 18.1 Å². The average molecular weight is 225 g/mol. The topological polar surface area (TPSA) is 50.9 Å². The Bertz CT molecular complexity index is 340. The van der Waals surface area contributed by atoms with Crippen molar-refractivity contribution in [2.75, 3.05) is 13.1 Å². The van der Waals surface area contributed by atoms with Gasteiger partial charge in [-0.25, -0.2) is 4.98 Å². The molecule has 0 aliphatic carbocycles. The van der Waals surface area contributed by atoms with Crippen molar-refractivity contribution < 1.29 is 0 Å². The molecule has 0 atom stereocenters. The molecule has 3 nitrogen and oxygen atoms in total. The van der Waals surface area contributed by atoms with Crippen molar-refractivity contribution in [3.8, 4) is 0 Å². The number of nitrogens with two attached hydrogens (primary N) is 1. The van der Waals surface area contributed by atoms with Gasteiger partial charge in [-0.3, -0.25) is 0 Å². The molecule has 0 saturated carbocycles. The first kappa shape index (κ1) is 11.0. The number of aromatic nitrogens is 1. The maximum Gasteiger partial charge on any atom is 0.113 e. The first-order chi connectivity index (χ1) is 7.15. The van der Waals surface area contributed by atoms with Gasteiger partial charge in [0.2, 0.25) is 0 Å². The zero-order chi connectivity index (χ0) is 10.9. The fourth-order valence-electron chi connectivity index (χ4n) is 2.06. The molecule has 2 rings (SSSR count). The summed E-state index contributed by atoms with van der Waals surface area (Å²) in [6.07, 6.45) is 3.02. The van der Waals surface area contributed by atoms with Gasteiger partial charge >= 0.3 is 0 Å². The van der Waals surface area contributed by atoms with Crippen LogP contribution in [0, 0.1) is 6.92 Å². The lowest BCUT2D eigenvalue weighted by Crippen LogP contribution is -2.46. The Labute approximate surface area is 95.1 Å². The predicted molar refractivity (Wildman–Crippen MR) is 64.2 cm³/mol. The van der Waals surface area contributed by atoms with E-state index in [0.717, 1.165) is 37.4 Å². The zero-order valence-electron chi connectivity index (χ0n) is 9.47. The quantitative estimate of drug-likeness (QED) is 0.803. The monoisotopic (exact) mass is 225 g/mol. The number of nitrogens with zero attached hydrogens (tertiary/aromatic N) is 1. The SMILES string of the molecule is CCc1nc(C2(N)CCNCC2)sc1C. The van der Waals surface area contributed by atoms with Crippen LogP contribution < -0.4 is 11.1 Å². The number of thiazole rings is 1. The minimum Gasteiger partial charge on any atom is -0.319 e. The Kier molecular flexibility index (Phi) is 3.09. The van der Waals surface area contributed by atoms with E-state index in [1.165, 1.54) is 10.6 Å². The van der Waals surface area contributed by atoms with E-state index in [9.17, 15) is 0 Å². The first-order valence-corrected chi connectivity index (χ1v) is 6.44. The molecule has 0 unspecified atom stereocenters. The minimum absolute atomic E-state index is 0.173. The van der Waals surface area contributed by atoms with Gasteiger partial charge < -0.3 is 11.1 Å². The molecule has 2 heterocycles. The second-order valence-electron chi connectivity index (χ2n) is 4.28. The molecule has 1 aliphatic rings. The van der Waals surface area contributed by atoms with Crippen LogP contribution in [0.5, 0.6) is 0 Å². The van der Waals surface area contributed by atoms with E-state index in [1.807, 2.05) is 0 Å². The molecular formula is C11H19N3S. The fraction of sp³-hybridized carbons (Fsp3) is 0.727.